The smallest absolute Gasteiger partial charge is 0.423 e. The molecule has 0 saturated carbocycles. The number of benzene rings is 1. The van der Waals surface area contributed by atoms with E-state index in [9.17, 15) is 13.2 Å². The second-order valence-electron chi connectivity index (χ2n) is 8.68. The van der Waals surface area contributed by atoms with Gasteiger partial charge in [0.1, 0.15) is 31.5 Å². The molecule has 11 nitrogen and oxygen atoms in total. The summed E-state index contributed by atoms with van der Waals surface area (Å²) in [4.78, 5) is 11.9. The van der Waals surface area contributed by atoms with Gasteiger partial charge in [0.25, 0.3) is 0 Å². The summed E-state index contributed by atoms with van der Waals surface area (Å²) in [5, 5.41) is 0. The Hall–Kier alpha value is -1.80. The average molecular weight is 474 g/mol. The molecule has 4 rings (SSSR count). The second-order valence-corrected chi connectivity index (χ2v) is 10.0. The molecule has 0 aromatic heterocycles. The Kier molecular flexibility index (Phi) is 5.99. The third-order valence-corrected chi connectivity index (χ3v) is 5.96. The number of fused-ring (bicyclic) bond motifs is 3. The van der Waals surface area contributed by atoms with Crippen LogP contribution in [0.25, 0.3) is 0 Å². The molecule has 1 N–H and O–H groups in total. The molecule has 32 heavy (non-hydrogen) atoms. The molecule has 4 atom stereocenters. The molecule has 12 heteroatoms. The first-order valence-electron chi connectivity index (χ1n) is 10.1. The first kappa shape index (κ1) is 23.4. The van der Waals surface area contributed by atoms with Crippen LogP contribution in [0.4, 0.5) is 4.79 Å². The van der Waals surface area contributed by atoms with Crippen molar-refractivity contribution in [3.63, 3.8) is 0 Å². The van der Waals surface area contributed by atoms with E-state index in [0.29, 0.717) is 5.56 Å². The van der Waals surface area contributed by atoms with Gasteiger partial charge in [-0.3, -0.25) is 0 Å². The lowest BCUT2D eigenvalue weighted by molar-refractivity contribution is -0.290. The molecule has 3 fully saturated rings. The molecule has 178 valence electrons. The molecular weight excluding hydrogens is 446 g/mol. The van der Waals surface area contributed by atoms with E-state index in [1.165, 1.54) is 0 Å². The predicted molar refractivity (Wildman–Crippen MR) is 107 cm³/mol. The number of hydrogen-bond donors (Lipinski definition) is 1. The van der Waals surface area contributed by atoms with Crippen LogP contribution in [0, 0.1) is 0 Å². The standard InChI is InChI=1S/C20H27NO10S/c1-18(2)28-14-11-26-20(16(15(14)29-18)30-19(3,4)31-20)12-27-32(23,24)21-17(22)25-10-13-8-6-5-7-9-13/h5-9,14-16H,10-12H2,1-4H3,(H,21,22)/t14-,15-,16+,20?/m1/s1. The van der Waals surface area contributed by atoms with Crippen LogP contribution in [-0.2, 0) is 49.5 Å². The maximum atomic E-state index is 12.3. The number of carbonyl (C=O) groups excluding carboxylic acids is 1. The second kappa shape index (κ2) is 8.20. The molecule has 1 unspecified atom stereocenters. The van der Waals surface area contributed by atoms with Crippen molar-refractivity contribution >= 4 is 16.4 Å². The fourth-order valence-electron chi connectivity index (χ4n) is 3.99. The van der Waals surface area contributed by atoms with Crippen molar-refractivity contribution in [3.05, 3.63) is 35.9 Å². The van der Waals surface area contributed by atoms with Crippen LogP contribution < -0.4 is 4.72 Å². The molecule has 0 aliphatic carbocycles. The third-order valence-electron chi connectivity index (χ3n) is 5.11. The fraction of sp³-hybridized carbons (Fsp3) is 0.650. The largest absolute Gasteiger partial charge is 0.444 e. The monoisotopic (exact) mass is 473 g/mol. The van der Waals surface area contributed by atoms with Crippen LogP contribution in [0.1, 0.15) is 33.3 Å². The lowest BCUT2D eigenvalue weighted by atomic mass is 9.98. The first-order chi connectivity index (χ1) is 14.9. The number of carbonyl (C=O) groups is 1. The van der Waals surface area contributed by atoms with Crippen molar-refractivity contribution in [2.45, 2.75) is 70.0 Å². The van der Waals surface area contributed by atoms with Gasteiger partial charge in [0, 0.05) is 0 Å². The van der Waals surface area contributed by atoms with Gasteiger partial charge < -0.3 is 28.4 Å². The molecule has 3 aliphatic rings. The Balaban J connectivity index is 1.39. The van der Waals surface area contributed by atoms with Gasteiger partial charge in [-0.25, -0.2) is 8.98 Å². The van der Waals surface area contributed by atoms with E-state index in [-0.39, 0.29) is 13.2 Å². The number of ether oxygens (including phenoxy) is 6. The summed E-state index contributed by atoms with van der Waals surface area (Å²) in [6.07, 6.45) is -2.97. The van der Waals surface area contributed by atoms with Gasteiger partial charge in [0.05, 0.1) is 6.61 Å². The molecule has 0 bridgehead atoms. The Morgan fingerprint density at radius 3 is 2.53 bits per heavy atom. The highest BCUT2D eigenvalue weighted by Crippen LogP contribution is 2.47. The lowest BCUT2D eigenvalue weighted by Gasteiger charge is -2.40. The minimum atomic E-state index is -4.52. The summed E-state index contributed by atoms with van der Waals surface area (Å²) in [6, 6.07) is 8.82. The van der Waals surface area contributed by atoms with Crippen molar-refractivity contribution < 1.29 is 45.8 Å². The minimum Gasteiger partial charge on any atom is -0.444 e. The summed E-state index contributed by atoms with van der Waals surface area (Å²) < 4.78 is 65.8. The van der Waals surface area contributed by atoms with E-state index in [0.717, 1.165) is 0 Å². The van der Waals surface area contributed by atoms with Crippen LogP contribution in [0.5, 0.6) is 0 Å². The molecule has 3 heterocycles. The normalized spacial score (nSPS) is 32.7. The molecule has 0 spiro atoms. The van der Waals surface area contributed by atoms with Gasteiger partial charge in [-0.05, 0) is 33.3 Å². The molecule has 3 aliphatic heterocycles. The zero-order valence-corrected chi connectivity index (χ0v) is 19.0. The van der Waals surface area contributed by atoms with Gasteiger partial charge in [-0.2, -0.15) is 13.1 Å². The summed E-state index contributed by atoms with van der Waals surface area (Å²) in [5.41, 5.74) is 0.702. The topological polar surface area (TPSA) is 128 Å². The fourth-order valence-corrected chi connectivity index (χ4v) is 4.63. The Morgan fingerprint density at radius 2 is 1.81 bits per heavy atom. The molecule has 3 saturated heterocycles. The Labute approximate surface area is 186 Å². The van der Waals surface area contributed by atoms with E-state index in [4.69, 9.17) is 32.6 Å². The van der Waals surface area contributed by atoms with E-state index in [1.54, 1.807) is 56.7 Å². The molecule has 1 amide bonds. The highest BCUT2D eigenvalue weighted by Gasteiger charge is 2.65. The van der Waals surface area contributed by atoms with Gasteiger partial charge in [-0.1, -0.05) is 30.3 Å². The molecule has 0 radical (unpaired) electrons. The number of nitrogens with one attached hydrogen (secondary N) is 1. The summed E-state index contributed by atoms with van der Waals surface area (Å²) in [7, 11) is -4.52. The van der Waals surface area contributed by atoms with Crippen molar-refractivity contribution in [1.82, 2.24) is 4.72 Å². The predicted octanol–water partition coefficient (Wildman–Crippen LogP) is 1.57. The highest BCUT2D eigenvalue weighted by molar-refractivity contribution is 7.85. The van der Waals surface area contributed by atoms with Crippen LogP contribution in [-0.4, -0.2) is 63.4 Å². The van der Waals surface area contributed by atoms with Crippen LogP contribution in [0.3, 0.4) is 0 Å². The average Bonchev–Trinajstić information content (AvgIpc) is 3.17. The third kappa shape index (κ3) is 5.06. The van der Waals surface area contributed by atoms with Crippen LogP contribution in [0.15, 0.2) is 30.3 Å². The first-order valence-corrected chi connectivity index (χ1v) is 11.5. The zero-order chi connectivity index (χ0) is 23.2. The quantitative estimate of drug-likeness (QED) is 0.650. The molecule has 1 aromatic rings. The van der Waals surface area contributed by atoms with Gasteiger partial charge in [0.15, 0.2) is 11.6 Å². The van der Waals surface area contributed by atoms with E-state index in [1.807, 2.05) is 6.07 Å². The highest BCUT2D eigenvalue weighted by atomic mass is 32.2. The zero-order valence-electron chi connectivity index (χ0n) is 18.2. The summed E-state index contributed by atoms with van der Waals surface area (Å²) in [6.45, 7) is 6.27. The number of rotatable bonds is 6. The summed E-state index contributed by atoms with van der Waals surface area (Å²) in [5.74, 6) is -3.52. The van der Waals surface area contributed by atoms with Gasteiger partial charge >= 0.3 is 16.4 Å². The Morgan fingerprint density at radius 1 is 1.09 bits per heavy atom. The minimum absolute atomic E-state index is 0.0833. The van der Waals surface area contributed by atoms with E-state index >= 15 is 0 Å². The molecular formula is C20H27NO10S. The van der Waals surface area contributed by atoms with Crippen LogP contribution in [0.2, 0.25) is 0 Å². The van der Waals surface area contributed by atoms with Crippen molar-refractivity contribution in [3.8, 4) is 0 Å². The lowest BCUT2D eigenvalue weighted by Crippen LogP contribution is -2.60. The van der Waals surface area contributed by atoms with Crippen LogP contribution >= 0.6 is 0 Å². The van der Waals surface area contributed by atoms with E-state index < -0.39 is 58.7 Å². The van der Waals surface area contributed by atoms with E-state index in [2.05, 4.69) is 0 Å². The van der Waals surface area contributed by atoms with Crippen molar-refractivity contribution in [2.24, 2.45) is 0 Å². The van der Waals surface area contributed by atoms with Gasteiger partial charge in [-0.15, -0.1) is 0 Å². The maximum Gasteiger partial charge on any atom is 0.423 e. The van der Waals surface area contributed by atoms with Crippen molar-refractivity contribution in [2.75, 3.05) is 13.2 Å². The number of amides is 1. The van der Waals surface area contributed by atoms with Gasteiger partial charge in [0.2, 0.25) is 5.79 Å². The summed E-state index contributed by atoms with van der Waals surface area (Å²) >= 11 is 0. The molecule has 1 aromatic carbocycles. The maximum absolute atomic E-state index is 12.3. The van der Waals surface area contributed by atoms with Crippen molar-refractivity contribution in [1.29, 1.82) is 0 Å². The Bertz CT molecular complexity index is 950. The number of hydrogen-bond acceptors (Lipinski definition) is 10. The SMILES string of the molecule is CC1(C)O[C@@H]2[C@@H](COC3(COS(=O)(=O)NC(=O)OCc4ccccc4)OC(C)(C)O[C@@H]23)O1.